The molecule has 1 atom stereocenters. The van der Waals surface area contributed by atoms with Crippen molar-refractivity contribution >= 4 is 27.5 Å². The first kappa shape index (κ1) is 14.8. The first-order valence-corrected chi connectivity index (χ1v) is 7.20. The van der Waals surface area contributed by atoms with E-state index in [1.165, 1.54) is 0 Å². The van der Waals surface area contributed by atoms with Gasteiger partial charge in [0.25, 0.3) is 0 Å². The van der Waals surface area contributed by atoms with Crippen LogP contribution in [0.4, 0.5) is 0 Å². The molecular weight excluding hydrogens is 302 g/mol. The van der Waals surface area contributed by atoms with Gasteiger partial charge in [-0.05, 0) is 24.1 Å². The molecule has 0 fully saturated rings. The highest BCUT2D eigenvalue weighted by Gasteiger charge is 2.12. The van der Waals surface area contributed by atoms with Gasteiger partial charge in [0, 0.05) is 28.5 Å². The fraction of sp³-hybridized carbons (Fsp3) is 0.538. The highest BCUT2D eigenvalue weighted by Crippen LogP contribution is 2.22. The van der Waals surface area contributed by atoms with Crippen LogP contribution in [0.3, 0.4) is 0 Å². The molecule has 1 aromatic rings. The van der Waals surface area contributed by atoms with Crippen molar-refractivity contribution in [1.82, 2.24) is 5.32 Å². The van der Waals surface area contributed by atoms with Gasteiger partial charge in [0.15, 0.2) is 0 Å². The predicted octanol–water partition coefficient (Wildman–Crippen LogP) is 3.86. The van der Waals surface area contributed by atoms with E-state index in [9.17, 15) is 0 Å². The number of methoxy groups -OCH3 is 1. The van der Waals surface area contributed by atoms with Gasteiger partial charge in [0.05, 0.1) is 7.11 Å². The third-order valence-electron chi connectivity index (χ3n) is 2.77. The van der Waals surface area contributed by atoms with Gasteiger partial charge in [-0.25, -0.2) is 0 Å². The lowest BCUT2D eigenvalue weighted by Crippen LogP contribution is -2.34. The molecule has 0 saturated heterocycles. The van der Waals surface area contributed by atoms with E-state index in [4.69, 9.17) is 16.3 Å². The second-order valence-corrected chi connectivity index (χ2v) is 5.43. The molecule has 4 heteroatoms. The number of nitrogens with one attached hydrogen (secondary N) is 1. The predicted molar refractivity (Wildman–Crippen MR) is 77.3 cm³/mol. The molecule has 0 aliphatic heterocycles. The van der Waals surface area contributed by atoms with Crippen LogP contribution in [0, 0.1) is 5.92 Å². The Morgan fingerprint density at radius 1 is 1.41 bits per heavy atom. The fourth-order valence-corrected chi connectivity index (χ4v) is 2.77. The Labute approximate surface area is 117 Å². The van der Waals surface area contributed by atoms with Gasteiger partial charge in [-0.1, -0.05) is 41.4 Å². The van der Waals surface area contributed by atoms with Crippen LogP contribution in [0.15, 0.2) is 18.2 Å². The zero-order valence-corrected chi connectivity index (χ0v) is 12.8. The molecular formula is C13H19BrClNO. The van der Waals surface area contributed by atoms with Crippen molar-refractivity contribution in [3.63, 3.8) is 0 Å². The Hall–Kier alpha value is -0.250. The van der Waals surface area contributed by atoms with Gasteiger partial charge >= 0.3 is 0 Å². The van der Waals surface area contributed by atoms with Crippen LogP contribution in [-0.4, -0.2) is 18.5 Å². The molecule has 0 heterocycles. The van der Waals surface area contributed by atoms with Gasteiger partial charge in [-0.15, -0.1) is 0 Å². The highest BCUT2D eigenvalue weighted by molar-refractivity contribution is 9.09. The van der Waals surface area contributed by atoms with Crippen molar-refractivity contribution in [3.05, 3.63) is 28.8 Å². The smallest absolute Gasteiger partial charge is 0.123 e. The SMILES string of the molecule is COc1ccc(Cl)cc1CNC(CBr)C(C)C. The fourth-order valence-electron chi connectivity index (χ4n) is 1.59. The minimum atomic E-state index is 0.443. The largest absolute Gasteiger partial charge is 0.496 e. The van der Waals surface area contributed by atoms with Crippen LogP contribution in [0.1, 0.15) is 19.4 Å². The van der Waals surface area contributed by atoms with E-state index < -0.39 is 0 Å². The number of hydrogen-bond donors (Lipinski definition) is 1. The van der Waals surface area contributed by atoms with Crippen LogP contribution in [-0.2, 0) is 6.54 Å². The molecule has 1 rings (SSSR count). The summed E-state index contributed by atoms with van der Waals surface area (Å²) in [4.78, 5) is 0. The summed E-state index contributed by atoms with van der Waals surface area (Å²) in [5, 5.41) is 5.18. The molecule has 17 heavy (non-hydrogen) atoms. The summed E-state index contributed by atoms with van der Waals surface area (Å²) in [6, 6.07) is 6.13. The average molecular weight is 321 g/mol. The standard InChI is InChI=1S/C13H19BrClNO/c1-9(2)12(7-14)16-8-10-6-11(15)4-5-13(10)17-3/h4-6,9,12,16H,7-8H2,1-3H3. The first-order valence-electron chi connectivity index (χ1n) is 5.70. The summed E-state index contributed by atoms with van der Waals surface area (Å²) in [6.07, 6.45) is 0. The molecule has 1 N–H and O–H groups in total. The normalized spacial score (nSPS) is 12.8. The maximum absolute atomic E-state index is 5.99. The highest BCUT2D eigenvalue weighted by atomic mass is 79.9. The van der Waals surface area contributed by atoms with Crippen LogP contribution >= 0.6 is 27.5 Å². The maximum atomic E-state index is 5.99. The minimum absolute atomic E-state index is 0.443. The van der Waals surface area contributed by atoms with Crippen molar-refractivity contribution in [2.75, 3.05) is 12.4 Å². The quantitative estimate of drug-likeness (QED) is 0.804. The molecule has 1 unspecified atom stereocenters. The molecule has 96 valence electrons. The first-order chi connectivity index (χ1) is 8.08. The van der Waals surface area contributed by atoms with Crippen molar-refractivity contribution in [1.29, 1.82) is 0 Å². The molecule has 0 aliphatic rings. The summed E-state index contributed by atoms with van der Waals surface area (Å²) in [5.74, 6) is 1.46. The van der Waals surface area contributed by atoms with Crippen LogP contribution in [0.2, 0.25) is 5.02 Å². The lowest BCUT2D eigenvalue weighted by atomic mass is 10.1. The van der Waals surface area contributed by atoms with Crippen molar-refractivity contribution < 1.29 is 4.74 Å². The summed E-state index contributed by atoms with van der Waals surface area (Å²) in [7, 11) is 1.68. The lowest BCUT2D eigenvalue weighted by Gasteiger charge is -2.20. The van der Waals surface area contributed by atoms with Crippen molar-refractivity contribution in [2.24, 2.45) is 5.92 Å². The maximum Gasteiger partial charge on any atom is 0.123 e. The molecule has 0 aliphatic carbocycles. The summed E-state index contributed by atoms with van der Waals surface area (Å²) < 4.78 is 5.32. The summed E-state index contributed by atoms with van der Waals surface area (Å²) in [5.41, 5.74) is 1.09. The van der Waals surface area contributed by atoms with E-state index in [0.717, 1.165) is 28.2 Å². The van der Waals surface area contributed by atoms with Crippen LogP contribution in [0.25, 0.3) is 0 Å². The van der Waals surface area contributed by atoms with Gasteiger partial charge in [-0.2, -0.15) is 0 Å². The van der Waals surface area contributed by atoms with Gasteiger partial charge < -0.3 is 10.1 Å². The molecule has 0 bridgehead atoms. The lowest BCUT2D eigenvalue weighted by molar-refractivity contribution is 0.397. The monoisotopic (exact) mass is 319 g/mol. The molecule has 0 amide bonds. The number of halogens is 2. The van der Waals surface area contributed by atoms with E-state index in [0.29, 0.717) is 12.0 Å². The Morgan fingerprint density at radius 2 is 2.12 bits per heavy atom. The van der Waals surface area contributed by atoms with E-state index in [1.54, 1.807) is 7.11 Å². The number of benzene rings is 1. The third kappa shape index (κ3) is 4.49. The number of ether oxygens (including phenoxy) is 1. The van der Waals surface area contributed by atoms with Crippen LogP contribution < -0.4 is 10.1 Å². The number of rotatable bonds is 6. The second kappa shape index (κ2) is 7.24. The third-order valence-corrected chi connectivity index (χ3v) is 3.70. The van der Waals surface area contributed by atoms with Gasteiger partial charge in [0.2, 0.25) is 0 Å². The zero-order valence-electron chi connectivity index (χ0n) is 10.5. The molecule has 2 nitrogen and oxygen atoms in total. The van der Waals surface area contributed by atoms with Crippen molar-refractivity contribution in [3.8, 4) is 5.75 Å². The molecule has 0 saturated carbocycles. The topological polar surface area (TPSA) is 21.3 Å². The molecule has 1 aromatic carbocycles. The Balaban J connectivity index is 2.70. The van der Waals surface area contributed by atoms with E-state index in [-0.39, 0.29) is 0 Å². The zero-order chi connectivity index (χ0) is 12.8. The summed E-state index contributed by atoms with van der Waals surface area (Å²) in [6.45, 7) is 5.17. The van der Waals surface area contributed by atoms with E-state index >= 15 is 0 Å². The average Bonchev–Trinajstić information content (AvgIpc) is 2.29. The molecule has 0 spiro atoms. The minimum Gasteiger partial charge on any atom is -0.496 e. The summed E-state index contributed by atoms with van der Waals surface area (Å²) >= 11 is 9.51. The van der Waals surface area contributed by atoms with E-state index in [1.807, 2.05) is 18.2 Å². The molecule has 0 aromatic heterocycles. The number of hydrogen-bond acceptors (Lipinski definition) is 2. The molecule has 0 radical (unpaired) electrons. The Morgan fingerprint density at radius 3 is 2.65 bits per heavy atom. The Kier molecular flexibility index (Phi) is 6.31. The number of alkyl halides is 1. The van der Waals surface area contributed by atoms with Crippen molar-refractivity contribution in [2.45, 2.75) is 26.4 Å². The van der Waals surface area contributed by atoms with Gasteiger partial charge in [0.1, 0.15) is 5.75 Å². The van der Waals surface area contributed by atoms with E-state index in [2.05, 4.69) is 35.1 Å². The van der Waals surface area contributed by atoms with Gasteiger partial charge in [-0.3, -0.25) is 0 Å². The second-order valence-electron chi connectivity index (χ2n) is 4.34. The Bertz CT molecular complexity index is 357. The van der Waals surface area contributed by atoms with Crippen LogP contribution in [0.5, 0.6) is 5.75 Å².